The minimum absolute atomic E-state index is 0.0753. The summed E-state index contributed by atoms with van der Waals surface area (Å²) < 4.78 is 13.4. The van der Waals surface area contributed by atoms with E-state index in [0.717, 1.165) is 0 Å². The number of likely N-dealkylation sites (tertiary alicyclic amines) is 1. The molecule has 0 radical (unpaired) electrons. The minimum Gasteiger partial charge on any atom is -0.481 e. The predicted octanol–water partition coefficient (Wildman–Crippen LogP) is 0.605. The van der Waals surface area contributed by atoms with Crippen molar-refractivity contribution in [1.82, 2.24) is 10.2 Å². The summed E-state index contributed by atoms with van der Waals surface area (Å²) in [6.45, 7) is 1.99. The van der Waals surface area contributed by atoms with Crippen LogP contribution in [0.5, 0.6) is 0 Å². The molecule has 1 atom stereocenters. The third kappa shape index (κ3) is 3.73. The number of urea groups is 1. The number of hydrogen-bond acceptors (Lipinski definition) is 2. The van der Waals surface area contributed by atoms with Crippen molar-refractivity contribution in [3.63, 3.8) is 0 Å². The van der Waals surface area contributed by atoms with E-state index in [4.69, 9.17) is 5.11 Å². The van der Waals surface area contributed by atoms with Crippen LogP contribution in [0.1, 0.15) is 19.8 Å². The third-order valence-electron chi connectivity index (χ3n) is 2.33. The Balaban J connectivity index is 2.27. The Hall–Kier alpha value is -1.33. The van der Waals surface area contributed by atoms with Crippen molar-refractivity contribution in [3.8, 4) is 0 Å². The van der Waals surface area contributed by atoms with Crippen LogP contribution in [0, 0.1) is 0 Å². The molecule has 2 N–H and O–H groups in total. The van der Waals surface area contributed by atoms with E-state index in [1.54, 1.807) is 0 Å². The molecule has 15 heavy (non-hydrogen) atoms. The zero-order valence-electron chi connectivity index (χ0n) is 8.62. The molecule has 1 fully saturated rings. The normalized spacial score (nSPS) is 25.3. The first-order chi connectivity index (χ1) is 6.91. The second kappa shape index (κ2) is 4.46. The van der Waals surface area contributed by atoms with Gasteiger partial charge in [0.15, 0.2) is 0 Å². The molecule has 0 aliphatic carbocycles. The summed E-state index contributed by atoms with van der Waals surface area (Å²) in [7, 11) is 0. The Morgan fingerprint density at radius 1 is 1.60 bits per heavy atom. The van der Waals surface area contributed by atoms with E-state index < -0.39 is 17.7 Å². The quantitative estimate of drug-likeness (QED) is 0.729. The number of nitrogens with zero attached hydrogens (tertiary/aromatic N) is 1. The first kappa shape index (κ1) is 11.7. The fourth-order valence-corrected chi connectivity index (χ4v) is 1.49. The molecule has 1 rings (SSSR count). The lowest BCUT2D eigenvalue weighted by atomic mass is 10.1. The van der Waals surface area contributed by atoms with Gasteiger partial charge in [-0.3, -0.25) is 4.79 Å². The fourth-order valence-electron chi connectivity index (χ4n) is 1.49. The second-order valence-corrected chi connectivity index (χ2v) is 3.96. The van der Waals surface area contributed by atoms with Crippen LogP contribution in [0.2, 0.25) is 0 Å². The van der Waals surface area contributed by atoms with Crippen LogP contribution in [0.15, 0.2) is 0 Å². The van der Waals surface area contributed by atoms with E-state index in [0.29, 0.717) is 13.0 Å². The molecule has 1 saturated heterocycles. The highest BCUT2D eigenvalue weighted by Gasteiger charge is 2.35. The fraction of sp³-hybridized carbons (Fsp3) is 0.778. The topological polar surface area (TPSA) is 69.6 Å². The van der Waals surface area contributed by atoms with Crippen molar-refractivity contribution in [2.24, 2.45) is 0 Å². The highest BCUT2D eigenvalue weighted by Crippen LogP contribution is 2.24. The Bertz CT molecular complexity index is 268. The van der Waals surface area contributed by atoms with Crippen molar-refractivity contribution in [3.05, 3.63) is 0 Å². The lowest BCUT2D eigenvalue weighted by molar-refractivity contribution is -0.136. The number of rotatable bonds is 3. The van der Waals surface area contributed by atoms with Gasteiger partial charge in [0.05, 0.1) is 13.0 Å². The van der Waals surface area contributed by atoms with Gasteiger partial charge in [-0.25, -0.2) is 9.18 Å². The maximum atomic E-state index is 13.4. The van der Waals surface area contributed by atoms with E-state index in [1.165, 1.54) is 11.8 Å². The molecule has 1 aliphatic rings. The minimum atomic E-state index is -1.32. The summed E-state index contributed by atoms with van der Waals surface area (Å²) in [5, 5.41) is 10.8. The summed E-state index contributed by atoms with van der Waals surface area (Å²) in [4.78, 5) is 22.9. The number of halogens is 1. The van der Waals surface area contributed by atoms with Crippen LogP contribution in [0.3, 0.4) is 0 Å². The Kier molecular flexibility index (Phi) is 3.49. The zero-order chi connectivity index (χ0) is 11.5. The Morgan fingerprint density at radius 2 is 2.27 bits per heavy atom. The van der Waals surface area contributed by atoms with Gasteiger partial charge in [-0.2, -0.15) is 0 Å². The molecule has 0 bridgehead atoms. The highest BCUT2D eigenvalue weighted by atomic mass is 19.1. The van der Waals surface area contributed by atoms with Gasteiger partial charge in [0, 0.05) is 19.5 Å². The van der Waals surface area contributed by atoms with Crippen LogP contribution >= 0.6 is 0 Å². The number of aliphatic carboxylic acids is 1. The molecule has 0 aromatic heterocycles. The SMILES string of the molecule is CC1(F)CCN(C(=O)NCCC(=O)O)C1. The van der Waals surface area contributed by atoms with Gasteiger partial charge >= 0.3 is 12.0 Å². The molecule has 6 heteroatoms. The van der Waals surface area contributed by atoms with Gasteiger partial charge in [-0.05, 0) is 6.92 Å². The number of alkyl halides is 1. The Labute approximate surface area is 87.2 Å². The Morgan fingerprint density at radius 3 is 2.73 bits per heavy atom. The molecular weight excluding hydrogens is 203 g/mol. The zero-order valence-corrected chi connectivity index (χ0v) is 8.62. The molecule has 5 nitrogen and oxygen atoms in total. The molecule has 1 aliphatic heterocycles. The molecular formula is C9H15FN2O3. The average molecular weight is 218 g/mol. The van der Waals surface area contributed by atoms with Crippen molar-refractivity contribution in [1.29, 1.82) is 0 Å². The number of carboxylic acid groups (broad SMARTS) is 1. The van der Waals surface area contributed by atoms with Gasteiger partial charge in [0.1, 0.15) is 5.67 Å². The van der Waals surface area contributed by atoms with Gasteiger partial charge in [0.25, 0.3) is 0 Å². The molecule has 86 valence electrons. The van der Waals surface area contributed by atoms with Crippen LogP contribution < -0.4 is 5.32 Å². The van der Waals surface area contributed by atoms with Gasteiger partial charge < -0.3 is 15.3 Å². The maximum absolute atomic E-state index is 13.4. The average Bonchev–Trinajstić information content (AvgIpc) is 2.45. The first-order valence-electron chi connectivity index (χ1n) is 4.84. The van der Waals surface area contributed by atoms with Crippen molar-refractivity contribution >= 4 is 12.0 Å². The van der Waals surface area contributed by atoms with Crippen LogP contribution in [-0.2, 0) is 4.79 Å². The summed E-state index contributed by atoms with van der Waals surface area (Å²) in [5.41, 5.74) is -1.32. The molecule has 1 heterocycles. The number of carbonyl (C=O) groups excluding carboxylic acids is 1. The highest BCUT2D eigenvalue weighted by molar-refractivity contribution is 5.75. The largest absolute Gasteiger partial charge is 0.481 e. The summed E-state index contributed by atoms with van der Waals surface area (Å²) in [6.07, 6.45) is 0.214. The first-order valence-corrected chi connectivity index (χ1v) is 4.84. The molecule has 2 amide bonds. The smallest absolute Gasteiger partial charge is 0.317 e. The number of amides is 2. The predicted molar refractivity (Wildman–Crippen MR) is 51.4 cm³/mol. The monoisotopic (exact) mass is 218 g/mol. The number of carboxylic acids is 1. The summed E-state index contributed by atoms with van der Waals surface area (Å²) in [6, 6.07) is -0.391. The van der Waals surface area contributed by atoms with Gasteiger partial charge in [-0.1, -0.05) is 0 Å². The lowest BCUT2D eigenvalue weighted by Crippen LogP contribution is -2.40. The third-order valence-corrected chi connectivity index (χ3v) is 2.33. The molecule has 0 spiro atoms. The molecule has 0 saturated carbocycles. The van der Waals surface area contributed by atoms with Crippen LogP contribution in [-0.4, -0.2) is 47.3 Å². The molecule has 1 unspecified atom stereocenters. The van der Waals surface area contributed by atoms with Crippen molar-refractivity contribution < 1.29 is 19.1 Å². The van der Waals surface area contributed by atoms with E-state index in [9.17, 15) is 14.0 Å². The van der Waals surface area contributed by atoms with Crippen molar-refractivity contribution in [2.45, 2.75) is 25.4 Å². The molecule has 0 aromatic rings. The van der Waals surface area contributed by atoms with E-state index >= 15 is 0 Å². The number of hydrogen-bond donors (Lipinski definition) is 2. The number of carbonyl (C=O) groups is 2. The van der Waals surface area contributed by atoms with Gasteiger partial charge in [0.2, 0.25) is 0 Å². The summed E-state index contributed by atoms with van der Waals surface area (Å²) in [5.74, 6) is -0.966. The van der Waals surface area contributed by atoms with Crippen LogP contribution in [0.25, 0.3) is 0 Å². The number of nitrogens with one attached hydrogen (secondary N) is 1. The van der Waals surface area contributed by atoms with Crippen molar-refractivity contribution in [2.75, 3.05) is 19.6 Å². The van der Waals surface area contributed by atoms with E-state index in [1.807, 2.05) is 0 Å². The second-order valence-electron chi connectivity index (χ2n) is 3.96. The van der Waals surface area contributed by atoms with E-state index in [2.05, 4.69) is 5.32 Å². The van der Waals surface area contributed by atoms with Gasteiger partial charge in [-0.15, -0.1) is 0 Å². The maximum Gasteiger partial charge on any atom is 0.317 e. The standard InChI is InChI=1S/C9H15FN2O3/c1-9(10)3-5-12(6-9)8(15)11-4-2-7(13)14/h2-6H2,1H3,(H,11,15)(H,13,14). The lowest BCUT2D eigenvalue weighted by Gasteiger charge is -2.17. The van der Waals surface area contributed by atoms with E-state index in [-0.39, 0.29) is 19.5 Å². The molecule has 0 aromatic carbocycles. The summed E-state index contributed by atoms with van der Waals surface area (Å²) >= 11 is 0. The van der Waals surface area contributed by atoms with Crippen LogP contribution in [0.4, 0.5) is 9.18 Å².